The van der Waals surface area contributed by atoms with Gasteiger partial charge in [0.15, 0.2) is 0 Å². The van der Waals surface area contributed by atoms with Crippen LogP contribution in [-0.2, 0) is 0 Å². The van der Waals surface area contributed by atoms with Crippen molar-refractivity contribution in [3.05, 3.63) is 40.2 Å². The number of hydrogen-bond acceptors (Lipinski definition) is 4. The lowest BCUT2D eigenvalue weighted by Crippen LogP contribution is -1.90. The Bertz CT molecular complexity index is 283. The number of halogens is 1. The summed E-state index contributed by atoms with van der Waals surface area (Å²) in [6.07, 6.45) is 0. The fraction of sp³-hybridized carbons (Fsp3) is 0. The van der Waals surface area contributed by atoms with Gasteiger partial charge in [0, 0.05) is 6.07 Å². The van der Waals surface area contributed by atoms with Gasteiger partial charge in [-0.2, -0.15) is 4.39 Å². The van der Waals surface area contributed by atoms with E-state index in [9.17, 15) is 14.5 Å². The number of benzene rings is 1. The van der Waals surface area contributed by atoms with Crippen molar-refractivity contribution >= 4 is 13.4 Å². The molecule has 0 fully saturated rings. The molecule has 5 nitrogen and oxygen atoms in total. The minimum Gasteiger partial charge on any atom is -0.430 e. The quantitative estimate of drug-likeness (QED) is 0.367. The molecule has 0 unspecified atom stereocenters. The Morgan fingerprint density at radius 2 is 1.85 bits per heavy atom. The highest BCUT2D eigenvalue weighted by Crippen LogP contribution is 2.14. The van der Waals surface area contributed by atoms with Gasteiger partial charge in [0.1, 0.15) is 0 Å². The number of hydrogen-bond donors (Lipinski definition) is 2. The van der Waals surface area contributed by atoms with Crippen LogP contribution in [0.15, 0.2) is 24.3 Å². The van der Waals surface area contributed by atoms with Crippen LogP contribution in [0.1, 0.15) is 0 Å². The molecule has 0 saturated carbocycles. The maximum atomic E-state index is 12.4. The molecule has 0 bridgehead atoms. The summed E-state index contributed by atoms with van der Waals surface area (Å²) in [7, 11) is -0.750. The summed E-state index contributed by atoms with van der Waals surface area (Å²) in [5, 5.41) is 24.2. The third-order valence-corrected chi connectivity index (χ3v) is 1.05. The van der Waals surface area contributed by atoms with E-state index in [0.29, 0.717) is 0 Å². The molecule has 7 heteroatoms. The maximum Gasteiger partial charge on any atom is 0.432 e. The van der Waals surface area contributed by atoms with E-state index in [1.54, 1.807) is 0 Å². The second-order valence-electron chi connectivity index (χ2n) is 1.85. The van der Waals surface area contributed by atoms with Gasteiger partial charge < -0.3 is 10.0 Å². The third kappa shape index (κ3) is 4.19. The predicted octanol–water partition coefficient (Wildman–Crippen LogP) is -0.0286. The van der Waals surface area contributed by atoms with Gasteiger partial charge in [-0.1, -0.05) is 12.1 Å². The molecule has 0 aliphatic heterocycles. The summed E-state index contributed by atoms with van der Waals surface area (Å²) in [6.45, 7) is 0. The summed E-state index contributed by atoms with van der Waals surface area (Å²) >= 11 is 0. The number of para-hydroxylation sites is 1. The standard InChI is InChI=1S/C6H4FNO2.BH3O2/c7-5-3-1-2-4-6(5)8(9)10;2-1-3/h1-4H;1-3H. The molecule has 1 aromatic carbocycles. The van der Waals surface area contributed by atoms with Crippen LogP contribution in [0.4, 0.5) is 10.1 Å². The Morgan fingerprint density at radius 3 is 2.15 bits per heavy atom. The molecule has 13 heavy (non-hydrogen) atoms. The average molecular weight is 187 g/mol. The zero-order chi connectivity index (χ0) is 10.3. The van der Waals surface area contributed by atoms with Crippen molar-refractivity contribution in [3.8, 4) is 0 Å². The second-order valence-corrected chi connectivity index (χ2v) is 1.85. The van der Waals surface area contributed by atoms with E-state index in [4.69, 9.17) is 10.0 Å². The number of nitro benzene ring substituents is 1. The fourth-order valence-corrected chi connectivity index (χ4v) is 0.600. The van der Waals surface area contributed by atoms with Crippen LogP contribution in [0, 0.1) is 15.9 Å². The normalized spacial score (nSPS) is 8.23. The van der Waals surface area contributed by atoms with Gasteiger partial charge in [-0.15, -0.1) is 0 Å². The van der Waals surface area contributed by atoms with E-state index < -0.39 is 24.1 Å². The van der Waals surface area contributed by atoms with Crippen molar-refractivity contribution in [2.24, 2.45) is 0 Å². The van der Waals surface area contributed by atoms with Crippen molar-refractivity contribution in [1.29, 1.82) is 0 Å². The summed E-state index contributed by atoms with van der Waals surface area (Å²) in [5.41, 5.74) is -0.484. The van der Waals surface area contributed by atoms with Gasteiger partial charge >= 0.3 is 13.4 Å². The van der Waals surface area contributed by atoms with Crippen LogP contribution < -0.4 is 0 Å². The van der Waals surface area contributed by atoms with E-state index in [1.165, 1.54) is 12.1 Å². The lowest BCUT2D eigenvalue weighted by Gasteiger charge is -1.89. The first-order valence-corrected chi connectivity index (χ1v) is 3.24. The number of nitrogens with zero attached hydrogens (tertiary/aromatic N) is 1. The summed E-state index contributed by atoms with van der Waals surface area (Å²) in [4.78, 5) is 9.23. The fourth-order valence-electron chi connectivity index (χ4n) is 0.600. The Kier molecular flexibility index (Phi) is 5.41. The van der Waals surface area contributed by atoms with Crippen LogP contribution >= 0.6 is 0 Å². The molecule has 0 aliphatic rings. The average Bonchev–Trinajstić information content (AvgIpc) is 2.06. The molecule has 1 rings (SSSR count). The van der Waals surface area contributed by atoms with Crippen molar-refractivity contribution in [2.75, 3.05) is 0 Å². The smallest absolute Gasteiger partial charge is 0.430 e. The number of nitro groups is 1. The summed E-state index contributed by atoms with van der Waals surface area (Å²) < 4.78 is 12.4. The van der Waals surface area contributed by atoms with Crippen LogP contribution in [-0.4, -0.2) is 22.7 Å². The molecule has 70 valence electrons. The molecule has 0 spiro atoms. The maximum absolute atomic E-state index is 12.4. The largest absolute Gasteiger partial charge is 0.432 e. The minimum absolute atomic E-state index is 0.484. The van der Waals surface area contributed by atoms with Crippen LogP contribution in [0.2, 0.25) is 0 Å². The molecule has 2 N–H and O–H groups in total. The first kappa shape index (κ1) is 11.5. The molecule has 0 atom stereocenters. The van der Waals surface area contributed by atoms with Gasteiger partial charge in [-0.3, -0.25) is 10.1 Å². The molecule has 0 aromatic heterocycles. The Hall–Kier alpha value is -1.47. The monoisotopic (exact) mass is 187 g/mol. The number of rotatable bonds is 1. The third-order valence-electron chi connectivity index (χ3n) is 1.05. The van der Waals surface area contributed by atoms with Crippen molar-refractivity contribution in [1.82, 2.24) is 0 Å². The Balaban J connectivity index is 0.000000424. The van der Waals surface area contributed by atoms with Crippen molar-refractivity contribution in [2.45, 2.75) is 0 Å². The van der Waals surface area contributed by atoms with Crippen LogP contribution in [0.25, 0.3) is 0 Å². The van der Waals surface area contributed by atoms with E-state index in [2.05, 4.69) is 0 Å². The highest BCUT2D eigenvalue weighted by molar-refractivity contribution is 6.13. The van der Waals surface area contributed by atoms with E-state index in [-0.39, 0.29) is 0 Å². The van der Waals surface area contributed by atoms with Crippen molar-refractivity contribution in [3.63, 3.8) is 0 Å². The zero-order valence-corrected chi connectivity index (χ0v) is 6.55. The topological polar surface area (TPSA) is 83.6 Å². The van der Waals surface area contributed by atoms with Gasteiger partial charge in [0.05, 0.1) is 4.92 Å². The van der Waals surface area contributed by atoms with E-state index in [1.807, 2.05) is 0 Å². The Morgan fingerprint density at radius 1 is 1.38 bits per heavy atom. The van der Waals surface area contributed by atoms with E-state index in [0.717, 1.165) is 12.1 Å². The summed E-state index contributed by atoms with van der Waals surface area (Å²) in [6, 6.07) is 5.00. The second kappa shape index (κ2) is 6.10. The highest BCUT2D eigenvalue weighted by Gasteiger charge is 2.09. The van der Waals surface area contributed by atoms with E-state index >= 15 is 0 Å². The molecule has 0 saturated heterocycles. The molecule has 1 aromatic rings. The molecular weight excluding hydrogens is 180 g/mol. The minimum atomic E-state index is -0.799. The van der Waals surface area contributed by atoms with Gasteiger partial charge in [-0.05, 0) is 6.07 Å². The molecule has 0 amide bonds. The van der Waals surface area contributed by atoms with Crippen molar-refractivity contribution < 1.29 is 19.4 Å². The molecule has 0 aliphatic carbocycles. The SMILES string of the molecule is O=[N+]([O-])c1ccccc1F.OBO. The lowest BCUT2D eigenvalue weighted by atomic mass is 10.3. The zero-order valence-electron chi connectivity index (χ0n) is 6.55. The van der Waals surface area contributed by atoms with Crippen LogP contribution in [0.3, 0.4) is 0 Å². The van der Waals surface area contributed by atoms with Gasteiger partial charge in [0.25, 0.3) is 0 Å². The molecule has 0 radical (unpaired) electrons. The molecule has 0 heterocycles. The first-order chi connectivity index (χ1) is 6.13. The van der Waals surface area contributed by atoms with Gasteiger partial charge in [-0.25, -0.2) is 0 Å². The predicted molar refractivity (Wildman–Crippen MR) is 44.6 cm³/mol. The molecular formula is C6H7BFNO4. The first-order valence-electron chi connectivity index (χ1n) is 3.24. The Labute approximate surface area is 73.9 Å². The van der Waals surface area contributed by atoms with Gasteiger partial charge in [0.2, 0.25) is 5.82 Å². The lowest BCUT2D eigenvalue weighted by molar-refractivity contribution is -0.387. The highest BCUT2D eigenvalue weighted by atomic mass is 19.1. The summed E-state index contributed by atoms with van der Waals surface area (Å²) in [5.74, 6) is -0.799. The van der Waals surface area contributed by atoms with Crippen LogP contribution in [0.5, 0.6) is 0 Å².